The molecule has 70 valence electrons. The summed E-state index contributed by atoms with van der Waals surface area (Å²) in [6, 6.07) is 0. The van der Waals surface area contributed by atoms with E-state index in [4.69, 9.17) is 0 Å². The molecule has 0 amide bonds. The van der Waals surface area contributed by atoms with Crippen LogP contribution in [0, 0.1) is 0 Å². The maximum absolute atomic E-state index is 3.72. The van der Waals surface area contributed by atoms with Gasteiger partial charge in [0.2, 0.25) is 0 Å². The van der Waals surface area contributed by atoms with E-state index in [0.29, 0.717) is 0 Å². The Hall–Kier alpha value is -0.210. The molecule has 0 bridgehead atoms. The lowest BCUT2D eigenvalue weighted by atomic mass is 10.4. The minimum absolute atomic E-state index is 0.945. The van der Waals surface area contributed by atoms with Crippen LogP contribution >= 0.6 is 11.9 Å². The molecular formula is C10H19NS. The van der Waals surface area contributed by atoms with Gasteiger partial charge < -0.3 is 0 Å². The molecule has 0 aliphatic rings. The van der Waals surface area contributed by atoms with Gasteiger partial charge in [0.05, 0.1) is 0 Å². The predicted octanol–water partition coefficient (Wildman–Crippen LogP) is 3.11. The first-order valence-corrected chi connectivity index (χ1v) is 5.39. The molecule has 0 aromatic rings. The lowest BCUT2D eigenvalue weighted by Gasteiger charge is -2.16. The monoisotopic (exact) mass is 185 g/mol. The molecule has 0 unspecified atom stereocenters. The summed E-state index contributed by atoms with van der Waals surface area (Å²) in [5.41, 5.74) is 0. The van der Waals surface area contributed by atoms with Gasteiger partial charge in [-0.15, -0.1) is 13.2 Å². The smallest absolute Gasteiger partial charge is 0.0271 e. The van der Waals surface area contributed by atoms with Crippen molar-refractivity contribution in [2.75, 3.05) is 18.8 Å². The van der Waals surface area contributed by atoms with Gasteiger partial charge in [0.1, 0.15) is 0 Å². The number of hydrogen-bond acceptors (Lipinski definition) is 2. The van der Waals surface area contributed by atoms with Crippen LogP contribution < -0.4 is 0 Å². The molecule has 12 heavy (non-hydrogen) atoms. The molecule has 0 aliphatic heterocycles. The van der Waals surface area contributed by atoms with Crippen molar-refractivity contribution in [1.82, 2.24) is 4.31 Å². The van der Waals surface area contributed by atoms with Gasteiger partial charge in [0, 0.05) is 18.8 Å². The van der Waals surface area contributed by atoms with Crippen molar-refractivity contribution in [3.05, 3.63) is 25.3 Å². The number of rotatable bonds is 8. The fraction of sp³-hybridized carbons (Fsp3) is 0.600. The Kier molecular flexibility index (Phi) is 8.73. The van der Waals surface area contributed by atoms with E-state index in [9.17, 15) is 0 Å². The van der Waals surface area contributed by atoms with Crippen LogP contribution in [-0.4, -0.2) is 23.1 Å². The summed E-state index contributed by atoms with van der Waals surface area (Å²) >= 11 is 1.89. The highest BCUT2D eigenvalue weighted by atomic mass is 32.2. The summed E-state index contributed by atoms with van der Waals surface area (Å²) in [7, 11) is 0. The van der Waals surface area contributed by atoms with Crippen LogP contribution in [0.4, 0.5) is 0 Å². The lowest BCUT2D eigenvalue weighted by molar-refractivity contribution is 0.578. The van der Waals surface area contributed by atoms with Gasteiger partial charge in [-0.3, -0.25) is 0 Å². The number of unbranched alkanes of at least 4 members (excludes halogenated alkanes) is 1. The van der Waals surface area contributed by atoms with Gasteiger partial charge in [0.25, 0.3) is 0 Å². The van der Waals surface area contributed by atoms with E-state index in [-0.39, 0.29) is 0 Å². The van der Waals surface area contributed by atoms with Crippen molar-refractivity contribution in [3.8, 4) is 0 Å². The number of hydrogen-bond donors (Lipinski definition) is 0. The van der Waals surface area contributed by atoms with E-state index in [0.717, 1.165) is 13.1 Å². The summed E-state index contributed by atoms with van der Waals surface area (Å²) in [6.45, 7) is 11.5. The molecule has 0 radical (unpaired) electrons. The Labute approximate surface area is 80.7 Å². The van der Waals surface area contributed by atoms with E-state index in [2.05, 4.69) is 24.4 Å². The van der Waals surface area contributed by atoms with Crippen LogP contribution in [0.3, 0.4) is 0 Å². The average molecular weight is 185 g/mol. The molecule has 0 N–H and O–H groups in total. The molecule has 0 heterocycles. The first-order chi connectivity index (χ1) is 5.85. The van der Waals surface area contributed by atoms with Crippen LogP contribution in [0.1, 0.15) is 19.8 Å². The third kappa shape index (κ3) is 6.50. The fourth-order valence-corrected chi connectivity index (χ4v) is 1.90. The second-order valence-electron chi connectivity index (χ2n) is 2.61. The molecule has 1 nitrogen and oxygen atoms in total. The predicted molar refractivity (Wildman–Crippen MR) is 59.3 cm³/mol. The van der Waals surface area contributed by atoms with Crippen molar-refractivity contribution in [2.24, 2.45) is 0 Å². The maximum Gasteiger partial charge on any atom is 0.0271 e. The topological polar surface area (TPSA) is 3.24 Å². The lowest BCUT2D eigenvalue weighted by Crippen LogP contribution is -2.15. The minimum atomic E-state index is 0.945. The van der Waals surface area contributed by atoms with Gasteiger partial charge in [-0.25, -0.2) is 4.31 Å². The maximum atomic E-state index is 3.72. The fourth-order valence-electron chi connectivity index (χ4n) is 0.806. The zero-order valence-corrected chi connectivity index (χ0v) is 8.78. The second kappa shape index (κ2) is 8.88. The van der Waals surface area contributed by atoms with Gasteiger partial charge in [-0.05, 0) is 6.42 Å². The molecule has 0 rings (SSSR count). The van der Waals surface area contributed by atoms with Crippen molar-refractivity contribution < 1.29 is 0 Å². The molecule has 0 saturated heterocycles. The normalized spacial score (nSPS) is 10.2. The van der Waals surface area contributed by atoms with E-state index < -0.39 is 0 Å². The molecule has 0 aromatic heterocycles. The Morgan fingerprint density at radius 3 is 2.25 bits per heavy atom. The average Bonchev–Trinajstić information content (AvgIpc) is 2.06. The quantitative estimate of drug-likeness (QED) is 0.325. The van der Waals surface area contributed by atoms with Crippen LogP contribution in [-0.2, 0) is 0 Å². The van der Waals surface area contributed by atoms with E-state index in [1.54, 1.807) is 0 Å². The Morgan fingerprint density at radius 2 is 1.83 bits per heavy atom. The van der Waals surface area contributed by atoms with Gasteiger partial charge >= 0.3 is 0 Å². The molecule has 0 atom stereocenters. The van der Waals surface area contributed by atoms with Crippen LogP contribution in [0.25, 0.3) is 0 Å². The van der Waals surface area contributed by atoms with Crippen molar-refractivity contribution in [1.29, 1.82) is 0 Å². The molecule has 0 aliphatic carbocycles. The van der Waals surface area contributed by atoms with Gasteiger partial charge in [-0.2, -0.15) is 0 Å². The van der Waals surface area contributed by atoms with Crippen LogP contribution in [0.2, 0.25) is 0 Å². The minimum Gasteiger partial charge on any atom is -0.243 e. The first-order valence-electron chi connectivity index (χ1n) is 4.44. The molecule has 0 aromatic carbocycles. The van der Waals surface area contributed by atoms with Crippen molar-refractivity contribution in [3.63, 3.8) is 0 Å². The third-order valence-electron chi connectivity index (χ3n) is 1.44. The van der Waals surface area contributed by atoms with Crippen molar-refractivity contribution in [2.45, 2.75) is 19.8 Å². The van der Waals surface area contributed by atoms with Crippen molar-refractivity contribution >= 4 is 11.9 Å². The van der Waals surface area contributed by atoms with E-state index >= 15 is 0 Å². The standard InChI is InChI=1S/C10H19NS/c1-4-7-10-12-11(8-5-2)9-6-3/h5-6H,2-4,7-10H2,1H3. The Morgan fingerprint density at radius 1 is 1.25 bits per heavy atom. The Bertz CT molecular complexity index is 113. The van der Waals surface area contributed by atoms with E-state index in [1.165, 1.54) is 18.6 Å². The number of nitrogens with zero attached hydrogens (tertiary/aromatic N) is 1. The van der Waals surface area contributed by atoms with Crippen LogP contribution in [0.15, 0.2) is 25.3 Å². The Balaban J connectivity index is 3.47. The third-order valence-corrected chi connectivity index (χ3v) is 2.57. The first kappa shape index (κ1) is 11.8. The largest absolute Gasteiger partial charge is 0.243 e. The van der Waals surface area contributed by atoms with Gasteiger partial charge in [-0.1, -0.05) is 37.4 Å². The molecule has 2 heteroatoms. The summed E-state index contributed by atoms with van der Waals surface area (Å²) in [5, 5.41) is 0. The van der Waals surface area contributed by atoms with Crippen LogP contribution in [0.5, 0.6) is 0 Å². The molecule has 0 spiro atoms. The highest BCUT2D eigenvalue weighted by Crippen LogP contribution is 2.11. The molecule has 0 saturated carbocycles. The summed E-state index contributed by atoms with van der Waals surface area (Å²) in [6.07, 6.45) is 6.42. The summed E-state index contributed by atoms with van der Waals surface area (Å²) in [4.78, 5) is 0. The highest BCUT2D eigenvalue weighted by Gasteiger charge is 1.99. The molecular weight excluding hydrogens is 166 g/mol. The highest BCUT2D eigenvalue weighted by molar-refractivity contribution is 7.97. The summed E-state index contributed by atoms with van der Waals surface area (Å²) in [5.74, 6) is 1.21. The summed E-state index contributed by atoms with van der Waals surface area (Å²) < 4.78 is 2.27. The van der Waals surface area contributed by atoms with E-state index in [1.807, 2.05) is 24.1 Å². The zero-order chi connectivity index (χ0) is 9.23. The molecule has 0 fully saturated rings. The zero-order valence-electron chi connectivity index (χ0n) is 7.96. The SMILES string of the molecule is C=CCN(CC=C)SCCCC. The second-order valence-corrected chi connectivity index (χ2v) is 3.79. The van der Waals surface area contributed by atoms with Gasteiger partial charge in [0.15, 0.2) is 0 Å².